The Morgan fingerprint density at radius 1 is 1.11 bits per heavy atom. The van der Waals surface area contributed by atoms with Gasteiger partial charge in [-0.2, -0.15) is 8.78 Å². The van der Waals surface area contributed by atoms with Crippen molar-refractivity contribution in [1.82, 2.24) is 15.5 Å². The van der Waals surface area contributed by atoms with Crippen LogP contribution in [0.25, 0.3) is 0 Å². The fraction of sp³-hybridized carbons (Fsp3) is 0.300. The van der Waals surface area contributed by atoms with Crippen LogP contribution >= 0.6 is 0 Å². The lowest BCUT2D eigenvalue weighted by molar-refractivity contribution is -0.129. The average molecular weight is 389 g/mol. The van der Waals surface area contributed by atoms with Gasteiger partial charge in [-0.25, -0.2) is 4.79 Å². The third-order valence-electron chi connectivity index (χ3n) is 4.48. The van der Waals surface area contributed by atoms with Crippen LogP contribution in [0.5, 0.6) is 5.75 Å². The number of rotatable bonds is 7. The van der Waals surface area contributed by atoms with Gasteiger partial charge in [0.2, 0.25) is 5.91 Å². The number of hydrogen-bond donors (Lipinski definition) is 2. The molecule has 0 saturated carbocycles. The normalized spacial score (nSPS) is 16.0. The first-order chi connectivity index (χ1) is 13.5. The minimum Gasteiger partial charge on any atom is -0.435 e. The van der Waals surface area contributed by atoms with E-state index in [4.69, 9.17) is 0 Å². The fourth-order valence-corrected chi connectivity index (χ4v) is 3.11. The Morgan fingerprint density at radius 2 is 1.75 bits per heavy atom. The largest absolute Gasteiger partial charge is 0.435 e. The first-order valence-electron chi connectivity index (χ1n) is 8.90. The predicted molar refractivity (Wildman–Crippen MR) is 99.1 cm³/mol. The first-order valence-corrected chi connectivity index (χ1v) is 8.90. The smallest absolute Gasteiger partial charge is 0.387 e. The van der Waals surface area contributed by atoms with Crippen LogP contribution in [0.2, 0.25) is 0 Å². The van der Waals surface area contributed by atoms with Crippen LogP contribution in [-0.4, -0.2) is 42.6 Å². The molecule has 0 radical (unpaired) electrons. The summed E-state index contributed by atoms with van der Waals surface area (Å²) < 4.78 is 29.1. The molecular formula is C20H21F2N3O3. The molecule has 0 spiro atoms. The van der Waals surface area contributed by atoms with Gasteiger partial charge in [0, 0.05) is 13.1 Å². The third-order valence-corrected chi connectivity index (χ3v) is 4.48. The number of nitrogens with zero attached hydrogens (tertiary/aromatic N) is 1. The number of carbonyl (C=O) groups is 2. The summed E-state index contributed by atoms with van der Waals surface area (Å²) in [6.45, 7) is -0.430. The minimum absolute atomic E-state index is 0.0587. The molecule has 1 heterocycles. The lowest BCUT2D eigenvalue weighted by Gasteiger charge is -2.26. The van der Waals surface area contributed by atoms with Crippen molar-refractivity contribution in [2.24, 2.45) is 0 Å². The number of urea groups is 1. The summed E-state index contributed by atoms with van der Waals surface area (Å²) in [5.41, 5.74) is 1.67. The quantitative estimate of drug-likeness (QED) is 0.764. The minimum atomic E-state index is -2.89. The number of halogens is 2. The van der Waals surface area contributed by atoms with E-state index in [-0.39, 0.29) is 17.7 Å². The molecule has 148 valence electrons. The Kier molecular flexibility index (Phi) is 6.20. The maximum Gasteiger partial charge on any atom is 0.387 e. The number of hydrogen-bond acceptors (Lipinski definition) is 4. The molecule has 8 heteroatoms. The molecule has 3 rings (SSSR count). The summed E-state index contributed by atoms with van der Waals surface area (Å²) >= 11 is 0. The standard InChI is InChI=1S/C20H21F2N3O3/c1-13(18(26)25-12-11-23-20(25)27)24-17(14-5-3-2-4-6-14)15-7-9-16(10-8-15)28-19(21)22/h2-10,13,17,19,24H,11-12H2,1H3,(H,23,27)/t13-,17+/m0/s1. The second-order valence-corrected chi connectivity index (χ2v) is 6.40. The van der Waals surface area contributed by atoms with Crippen molar-refractivity contribution in [1.29, 1.82) is 0 Å². The summed E-state index contributed by atoms with van der Waals surface area (Å²) in [7, 11) is 0. The summed E-state index contributed by atoms with van der Waals surface area (Å²) in [6.07, 6.45) is 0. The van der Waals surface area contributed by atoms with Crippen molar-refractivity contribution >= 4 is 11.9 Å². The molecule has 2 atom stereocenters. The number of benzene rings is 2. The van der Waals surface area contributed by atoms with E-state index in [1.54, 1.807) is 19.1 Å². The molecule has 3 amide bonds. The van der Waals surface area contributed by atoms with Gasteiger partial charge in [0.05, 0.1) is 12.1 Å². The van der Waals surface area contributed by atoms with Gasteiger partial charge >= 0.3 is 12.6 Å². The van der Waals surface area contributed by atoms with Crippen LogP contribution in [0.1, 0.15) is 24.1 Å². The van der Waals surface area contributed by atoms with E-state index in [0.29, 0.717) is 13.1 Å². The average Bonchev–Trinajstić information content (AvgIpc) is 3.12. The zero-order chi connectivity index (χ0) is 20.1. The summed E-state index contributed by atoms with van der Waals surface area (Å²) in [5.74, 6) is -0.267. The van der Waals surface area contributed by atoms with E-state index < -0.39 is 18.7 Å². The van der Waals surface area contributed by atoms with Crippen LogP contribution < -0.4 is 15.4 Å². The Bertz CT molecular complexity index is 815. The van der Waals surface area contributed by atoms with E-state index in [1.807, 2.05) is 30.3 Å². The number of amides is 3. The number of ether oxygens (including phenoxy) is 1. The highest BCUT2D eigenvalue weighted by atomic mass is 19.3. The van der Waals surface area contributed by atoms with Crippen LogP contribution in [0.3, 0.4) is 0 Å². The second-order valence-electron chi connectivity index (χ2n) is 6.40. The van der Waals surface area contributed by atoms with E-state index in [0.717, 1.165) is 11.1 Å². The molecule has 2 aromatic carbocycles. The molecule has 6 nitrogen and oxygen atoms in total. The van der Waals surface area contributed by atoms with Gasteiger partial charge in [-0.1, -0.05) is 42.5 Å². The Morgan fingerprint density at radius 3 is 2.32 bits per heavy atom. The van der Waals surface area contributed by atoms with Crippen LogP contribution in [0, 0.1) is 0 Å². The second kappa shape index (κ2) is 8.79. The summed E-state index contributed by atoms with van der Waals surface area (Å²) in [6, 6.07) is 14.3. The molecule has 2 aromatic rings. The molecule has 1 aliphatic heterocycles. The van der Waals surface area contributed by atoms with Crippen LogP contribution in [0.15, 0.2) is 54.6 Å². The Labute approximate surface area is 161 Å². The lowest BCUT2D eigenvalue weighted by Crippen LogP contribution is -2.47. The van der Waals surface area contributed by atoms with Gasteiger partial charge in [0.15, 0.2) is 0 Å². The van der Waals surface area contributed by atoms with Gasteiger partial charge in [0.1, 0.15) is 5.75 Å². The molecule has 28 heavy (non-hydrogen) atoms. The fourth-order valence-electron chi connectivity index (χ4n) is 3.11. The molecule has 0 unspecified atom stereocenters. The van der Waals surface area contributed by atoms with Crippen molar-refractivity contribution in [3.63, 3.8) is 0 Å². The Hall–Kier alpha value is -3.00. The van der Waals surface area contributed by atoms with Crippen LogP contribution in [0.4, 0.5) is 13.6 Å². The number of nitrogens with one attached hydrogen (secondary N) is 2. The zero-order valence-electron chi connectivity index (χ0n) is 15.3. The summed E-state index contributed by atoms with van der Waals surface area (Å²) in [5, 5.41) is 5.85. The van der Waals surface area contributed by atoms with E-state index in [2.05, 4.69) is 15.4 Å². The van der Waals surface area contributed by atoms with Gasteiger partial charge in [-0.3, -0.25) is 15.0 Å². The maximum absolute atomic E-state index is 12.6. The Balaban J connectivity index is 1.81. The lowest BCUT2D eigenvalue weighted by atomic mass is 9.97. The molecule has 1 fully saturated rings. The highest BCUT2D eigenvalue weighted by Gasteiger charge is 2.31. The van der Waals surface area contributed by atoms with Gasteiger partial charge < -0.3 is 10.1 Å². The van der Waals surface area contributed by atoms with Crippen molar-refractivity contribution in [3.05, 3.63) is 65.7 Å². The molecule has 1 saturated heterocycles. The van der Waals surface area contributed by atoms with E-state index in [1.165, 1.54) is 17.0 Å². The monoisotopic (exact) mass is 389 g/mol. The van der Waals surface area contributed by atoms with E-state index >= 15 is 0 Å². The molecular weight excluding hydrogens is 368 g/mol. The maximum atomic E-state index is 12.6. The highest BCUT2D eigenvalue weighted by Crippen LogP contribution is 2.25. The molecule has 0 bridgehead atoms. The molecule has 0 aliphatic carbocycles. The SMILES string of the molecule is C[C@H](N[C@H](c1ccccc1)c1ccc(OC(F)F)cc1)C(=O)N1CCNC1=O. The summed E-state index contributed by atoms with van der Waals surface area (Å²) in [4.78, 5) is 25.6. The van der Waals surface area contributed by atoms with Gasteiger partial charge in [0.25, 0.3) is 0 Å². The topological polar surface area (TPSA) is 70.7 Å². The first kappa shape index (κ1) is 19.8. The highest BCUT2D eigenvalue weighted by molar-refractivity contribution is 5.98. The van der Waals surface area contributed by atoms with E-state index in [9.17, 15) is 18.4 Å². The van der Waals surface area contributed by atoms with Crippen molar-refractivity contribution in [3.8, 4) is 5.75 Å². The molecule has 2 N–H and O–H groups in total. The van der Waals surface area contributed by atoms with Crippen molar-refractivity contribution in [2.75, 3.05) is 13.1 Å². The van der Waals surface area contributed by atoms with Gasteiger partial charge in [-0.05, 0) is 30.2 Å². The predicted octanol–water partition coefficient (Wildman–Crippen LogP) is 2.91. The third kappa shape index (κ3) is 4.64. The van der Waals surface area contributed by atoms with Crippen LogP contribution in [-0.2, 0) is 4.79 Å². The van der Waals surface area contributed by atoms with Gasteiger partial charge in [-0.15, -0.1) is 0 Å². The van der Waals surface area contributed by atoms with Crippen molar-refractivity contribution in [2.45, 2.75) is 25.6 Å². The molecule has 0 aromatic heterocycles. The molecule has 1 aliphatic rings. The van der Waals surface area contributed by atoms with Crippen molar-refractivity contribution < 1.29 is 23.1 Å². The number of alkyl halides is 2. The number of imide groups is 1. The number of carbonyl (C=O) groups excluding carboxylic acids is 2. The zero-order valence-corrected chi connectivity index (χ0v) is 15.3.